The molecule has 4 heteroatoms. The summed E-state index contributed by atoms with van der Waals surface area (Å²) in [7, 11) is 4.12. The Morgan fingerprint density at radius 2 is 1.93 bits per heavy atom. The van der Waals surface area contributed by atoms with E-state index >= 15 is 0 Å². The van der Waals surface area contributed by atoms with E-state index in [4.69, 9.17) is 0 Å². The monoisotopic (exact) mass is 212 g/mol. The van der Waals surface area contributed by atoms with Crippen LogP contribution in [0.3, 0.4) is 0 Å². The van der Waals surface area contributed by atoms with Crippen molar-refractivity contribution in [3.05, 3.63) is 12.2 Å². The SMILES string of the molecule is CC.CC(C)c1ncnn1CCN(C)C. The van der Waals surface area contributed by atoms with Crippen molar-refractivity contribution in [3.8, 4) is 0 Å². The van der Waals surface area contributed by atoms with Crippen LogP contribution in [0.2, 0.25) is 0 Å². The summed E-state index contributed by atoms with van der Waals surface area (Å²) in [6.45, 7) is 10.2. The summed E-state index contributed by atoms with van der Waals surface area (Å²) in [5.74, 6) is 1.52. The van der Waals surface area contributed by atoms with Crippen LogP contribution in [0, 0.1) is 0 Å². The van der Waals surface area contributed by atoms with E-state index in [0.717, 1.165) is 18.9 Å². The number of nitrogens with zero attached hydrogens (tertiary/aromatic N) is 4. The van der Waals surface area contributed by atoms with Crippen molar-refractivity contribution < 1.29 is 0 Å². The smallest absolute Gasteiger partial charge is 0.138 e. The molecule has 0 aliphatic carbocycles. The lowest BCUT2D eigenvalue weighted by Crippen LogP contribution is -2.20. The molecule has 1 rings (SSSR count). The molecule has 4 nitrogen and oxygen atoms in total. The van der Waals surface area contributed by atoms with E-state index in [1.165, 1.54) is 0 Å². The highest BCUT2D eigenvalue weighted by molar-refractivity contribution is 4.91. The summed E-state index contributed by atoms with van der Waals surface area (Å²) in [5.41, 5.74) is 0. The molecule has 88 valence electrons. The van der Waals surface area contributed by atoms with Gasteiger partial charge >= 0.3 is 0 Å². The predicted molar refractivity (Wildman–Crippen MR) is 64.0 cm³/mol. The molecular formula is C11H24N4. The van der Waals surface area contributed by atoms with Crippen LogP contribution in [0.4, 0.5) is 0 Å². The van der Waals surface area contributed by atoms with E-state index in [-0.39, 0.29) is 0 Å². The second-order valence-corrected chi connectivity index (χ2v) is 3.80. The lowest BCUT2D eigenvalue weighted by Gasteiger charge is -2.12. The highest BCUT2D eigenvalue weighted by atomic mass is 15.3. The maximum absolute atomic E-state index is 4.23. The van der Waals surface area contributed by atoms with Crippen molar-refractivity contribution in [2.45, 2.75) is 40.2 Å². The molecule has 0 fully saturated rings. The predicted octanol–water partition coefficient (Wildman–Crippen LogP) is 1.99. The van der Waals surface area contributed by atoms with Crippen LogP contribution in [-0.2, 0) is 6.54 Å². The summed E-state index contributed by atoms with van der Waals surface area (Å²) in [4.78, 5) is 6.37. The van der Waals surface area contributed by atoms with Crippen LogP contribution < -0.4 is 0 Å². The second-order valence-electron chi connectivity index (χ2n) is 3.80. The fourth-order valence-corrected chi connectivity index (χ4v) is 1.19. The highest BCUT2D eigenvalue weighted by Crippen LogP contribution is 2.09. The Labute approximate surface area is 93.3 Å². The minimum absolute atomic E-state index is 0.449. The van der Waals surface area contributed by atoms with Gasteiger partial charge in [0.2, 0.25) is 0 Å². The fraction of sp³-hybridized carbons (Fsp3) is 0.818. The summed E-state index contributed by atoms with van der Waals surface area (Å²) in [5, 5.41) is 4.19. The minimum Gasteiger partial charge on any atom is -0.308 e. The molecule has 0 bridgehead atoms. The van der Waals surface area contributed by atoms with Gasteiger partial charge in [0.15, 0.2) is 0 Å². The molecule has 0 spiro atoms. The molecule has 15 heavy (non-hydrogen) atoms. The van der Waals surface area contributed by atoms with Gasteiger partial charge in [-0.3, -0.25) is 0 Å². The summed E-state index contributed by atoms with van der Waals surface area (Å²) in [6.07, 6.45) is 1.63. The normalized spacial score (nSPS) is 10.4. The Morgan fingerprint density at radius 3 is 2.40 bits per heavy atom. The molecule has 0 amide bonds. The molecule has 1 aromatic rings. The van der Waals surface area contributed by atoms with Gasteiger partial charge in [-0.15, -0.1) is 0 Å². The van der Waals surface area contributed by atoms with Crippen molar-refractivity contribution in [2.24, 2.45) is 0 Å². The highest BCUT2D eigenvalue weighted by Gasteiger charge is 2.07. The van der Waals surface area contributed by atoms with Gasteiger partial charge in [-0.05, 0) is 14.1 Å². The Morgan fingerprint density at radius 1 is 1.33 bits per heavy atom. The Bertz CT molecular complexity index is 253. The zero-order chi connectivity index (χ0) is 11.8. The molecule has 0 N–H and O–H groups in total. The number of aromatic nitrogens is 3. The van der Waals surface area contributed by atoms with Crippen LogP contribution in [0.1, 0.15) is 39.4 Å². The molecule has 0 atom stereocenters. The number of hydrogen-bond acceptors (Lipinski definition) is 3. The first-order valence-corrected chi connectivity index (χ1v) is 5.63. The largest absolute Gasteiger partial charge is 0.308 e. The molecule has 0 aliphatic rings. The van der Waals surface area contributed by atoms with Gasteiger partial charge in [0.25, 0.3) is 0 Å². The van der Waals surface area contributed by atoms with E-state index in [0.29, 0.717) is 5.92 Å². The molecular weight excluding hydrogens is 188 g/mol. The topological polar surface area (TPSA) is 34.0 Å². The van der Waals surface area contributed by atoms with Crippen LogP contribution >= 0.6 is 0 Å². The average Bonchev–Trinajstić information content (AvgIpc) is 2.65. The van der Waals surface area contributed by atoms with Crippen LogP contribution in [0.25, 0.3) is 0 Å². The van der Waals surface area contributed by atoms with Crippen molar-refractivity contribution in [1.29, 1.82) is 0 Å². The Hall–Kier alpha value is -0.900. The molecule has 0 aromatic carbocycles. The van der Waals surface area contributed by atoms with Crippen molar-refractivity contribution in [2.75, 3.05) is 20.6 Å². The summed E-state index contributed by atoms with van der Waals surface area (Å²) < 4.78 is 1.98. The first-order valence-electron chi connectivity index (χ1n) is 5.63. The van der Waals surface area contributed by atoms with E-state index in [1.54, 1.807) is 6.33 Å². The van der Waals surface area contributed by atoms with Gasteiger partial charge in [-0.25, -0.2) is 9.67 Å². The van der Waals surface area contributed by atoms with E-state index < -0.39 is 0 Å². The maximum atomic E-state index is 4.23. The van der Waals surface area contributed by atoms with Gasteiger partial charge in [0.05, 0.1) is 6.54 Å². The summed E-state index contributed by atoms with van der Waals surface area (Å²) >= 11 is 0. The molecule has 0 unspecified atom stereocenters. The Balaban J connectivity index is 0.000000921. The van der Waals surface area contributed by atoms with Gasteiger partial charge in [0.1, 0.15) is 12.2 Å². The average molecular weight is 212 g/mol. The first-order chi connectivity index (χ1) is 7.11. The molecule has 0 aliphatic heterocycles. The molecule has 0 radical (unpaired) electrons. The van der Waals surface area contributed by atoms with Gasteiger partial charge in [0, 0.05) is 12.5 Å². The van der Waals surface area contributed by atoms with Crippen molar-refractivity contribution in [1.82, 2.24) is 19.7 Å². The van der Waals surface area contributed by atoms with E-state index in [1.807, 2.05) is 18.5 Å². The lowest BCUT2D eigenvalue weighted by molar-refractivity contribution is 0.367. The number of hydrogen-bond donors (Lipinski definition) is 0. The van der Waals surface area contributed by atoms with Crippen LogP contribution in [0.5, 0.6) is 0 Å². The van der Waals surface area contributed by atoms with Crippen LogP contribution in [-0.4, -0.2) is 40.3 Å². The van der Waals surface area contributed by atoms with E-state index in [9.17, 15) is 0 Å². The number of rotatable bonds is 4. The van der Waals surface area contributed by atoms with Gasteiger partial charge < -0.3 is 4.90 Å². The molecule has 1 aromatic heterocycles. The van der Waals surface area contributed by atoms with Crippen LogP contribution in [0.15, 0.2) is 6.33 Å². The van der Waals surface area contributed by atoms with Crippen molar-refractivity contribution >= 4 is 0 Å². The fourth-order valence-electron chi connectivity index (χ4n) is 1.19. The van der Waals surface area contributed by atoms with E-state index in [2.05, 4.69) is 42.9 Å². The zero-order valence-corrected chi connectivity index (χ0v) is 10.9. The van der Waals surface area contributed by atoms with Gasteiger partial charge in [-0.1, -0.05) is 27.7 Å². The molecule has 0 saturated heterocycles. The summed E-state index contributed by atoms with van der Waals surface area (Å²) in [6, 6.07) is 0. The lowest BCUT2D eigenvalue weighted by atomic mass is 10.2. The molecule has 1 heterocycles. The second kappa shape index (κ2) is 7.40. The third-order valence-electron chi connectivity index (χ3n) is 1.92. The molecule has 0 saturated carbocycles. The maximum Gasteiger partial charge on any atom is 0.138 e. The quantitative estimate of drug-likeness (QED) is 0.765. The Kier molecular flexibility index (Phi) is 6.96. The third-order valence-corrected chi connectivity index (χ3v) is 1.92. The third kappa shape index (κ3) is 4.93. The first kappa shape index (κ1) is 14.1. The minimum atomic E-state index is 0.449. The standard InChI is InChI=1S/C9H18N4.C2H6/c1-8(2)9-10-7-11-13(9)6-5-12(3)4;1-2/h7-8H,5-6H2,1-4H3;1-2H3. The van der Waals surface area contributed by atoms with Gasteiger partial charge in [-0.2, -0.15) is 5.10 Å². The number of likely N-dealkylation sites (N-methyl/N-ethyl adjacent to an activating group) is 1. The zero-order valence-electron chi connectivity index (χ0n) is 10.9. The van der Waals surface area contributed by atoms with Crippen molar-refractivity contribution in [3.63, 3.8) is 0 Å².